The Labute approximate surface area is 89.5 Å². The second-order valence-corrected chi connectivity index (χ2v) is 4.10. The lowest BCUT2D eigenvalue weighted by molar-refractivity contribution is 0.0939. The molecule has 0 aliphatic heterocycles. The summed E-state index contributed by atoms with van der Waals surface area (Å²) in [4.78, 5) is 11.6. The Bertz CT molecular complexity index is 549. The van der Waals surface area contributed by atoms with Crippen LogP contribution in [0, 0.1) is 20.8 Å². The van der Waals surface area contributed by atoms with Gasteiger partial charge in [0.2, 0.25) is 5.91 Å². The molecule has 0 N–H and O–H groups in total. The van der Waals surface area contributed by atoms with Crippen molar-refractivity contribution in [1.82, 2.24) is 4.57 Å². The molecule has 0 saturated carbocycles. The van der Waals surface area contributed by atoms with E-state index in [4.69, 9.17) is 0 Å². The maximum atomic E-state index is 11.6. The lowest BCUT2D eigenvalue weighted by atomic mass is 10.1. The highest BCUT2D eigenvalue weighted by atomic mass is 16.1. The van der Waals surface area contributed by atoms with Crippen LogP contribution in [0.25, 0.3) is 10.9 Å². The molecule has 0 bridgehead atoms. The first-order valence-electron chi connectivity index (χ1n) is 5.11. The highest BCUT2D eigenvalue weighted by Crippen LogP contribution is 2.25. The lowest BCUT2D eigenvalue weighted by Crippen LogP contribution is -2.07. The minimum Gasteiger partial charge on any atom is -0.284 e. The Hall–Kier alpha value is -1.57. The first kappa shape index (κ1) is 9.97. The van der Waals surface area contributed by atoms with Gasteiger partial charge in [0.15, 0.2) is 0 Å². The summed E-state index contributed by atoms with van der Waals surface area (Å²) in [7, 11) is 0. The van der Waals surface area contributed by atoms with Crippen molar-refractivity contribution in [2.24, 2.45) is 0 Å². The molecule has 2 heteroatoms. The number of benzene rings is 1. The lowest BCUT2D eigenvalue weighted by Gasteiger charge is -2.06. The molecular weight excluding hydrogens is 186 g/mol. The third kappa shape index (κ3) is 1.37. The minimum atomic E-state index is 0.0798. The molecule has 2 aromatic rings. The second-order valence-electron chi connectivity index (χ2n) is 4.10. The quantitative estimate of drug-likeness (QED) is 0.641. The Morgan fingerprint density at radius 1 is 1.13 bits per heavy atom. The maximum Gasteiger partial charge on any atom is 0.228 e. The highest BCUT2D eigenvalue weighted by molar-refractivity contribution is 5.96. The normalized spacial score (nSPS) is 10.9. The molecule has 0 spiro atoms. The first-order chi connectivity index (χ1) is 7.02. The fourth-order valence-electron chi connectivity index (χ4n) is 2.15. The average molecular weight is 201 g/mol. The topological polar surface area (TPSA) is 22.0 Å². The van der Waals surface area contributed by atoms with Gasteiger partial charge >= 0.3 is 0 Å². The van der Waals surface area contributed by atoms with Crippen molar-refractivity contribution in [3.8, 4) is 0 Å². The van der Waals surface area contributed by atoms with Crippen LogP contribution in [-0.4, -0.2) is 10.5 Å². The summed E-state index contributed by atoms with van der Waals surface area (Å²) in [5.41, 5.74) is 4.44. The van der Waals surface area contributed by atoms with Gasteiger partial charge in [0, 0.05) is 18.0 Å². The van der Waals surface area contributed by atoms with Crippen LogP contribution in [0.5, 0.6) is 0 Å². The third-order valence-electron chi connectivity index (χ3n) is 2.88. The van der Waals surface area contributed by atoms with Gasteiger partial charge in [0.05, 0.1) is 5.52 Å². The van der Waals surface area contributed by atoms with E-state index < -0.39 is 0 Å². The van der Waals surface area contributed by atoms with Crippen LogP contribution >= 0.6 is 0 Å². The molecule has 1 aromatic heterocycles. The summed E-state index contributed by atoms with van der Waals surface area (Å²) < 4.78 is 1.79. The fourth-order valence-corrected chi connectivity index (χ4v) is 2.15. The van der Waals surface area contributed by atoms with E-state index in [-0.39, 0.29) is 5.91 Å². The molecule has 0 saturated heterocycles. The molecule has 0 atom stereocenters. The second kappa shape index (κ2) is 3.23. The standard InChI is InChI=1S/C13H15NO/c1-8-5-6-9(2)13-12(8)7-10(3)14(13)11(4)15/h5-7H,1-4H3. The number of carbonyl (C=O) groups is 1. The average Bonchev–Trinajstić information content (AvgIpc) is 2.50. The summed E-state index contributed by atoms with van der Waals surface area (Å²) in [6.45, 7) is 7.70. The molecule has 2 nitrogen and oxygen atoms in total. The van der Waals surface area contributed by atoms with Crippen molar-refractivity contribution in [3.63, 3.8) is 0 Å². The number of hydrogen-bond donors (Lipinski definition) is 0. The number of nitrogens with zero attached hydrogens (tertiary/aromatic N) is 1. The van der Waals surface area contributed by atoms with Gasteiger partial charge in [-0.3, -0.25) is 9.36 Å². The van der Waals surface area contributed by atoms with Gasteiger partial charge in [-0.15, -0.1) is 0 Å². The molecule has 15 heavy (non-hydrogen) atoms. The number of fused-ring (bicyclic) bond motifs is 1. The van der Waals surface area contributed by atoms with Crippen LogP contribution in [0.1, 0.15) is 28.5 Å². The molecule has 1 aromatic carbocycles. The predicted molar refractivity (Wildman–Crippen MR) is 62.4 cm³/mol. The molecule has 2 rings (SSSR count). The Kier molecular flexibility index (Phi) is 2.14. The van der Waals surface area contributed by atoms with E-state index in [1.165, 1.54) is 10.9 Å². The van der Waals surface area contributed by atoms with Gasteiger partial charge < -0.3 is 0 Å². The Morgan fingerprint density at radius 2 is 1.73 bits per heavy atom. The van der Waals surface area contributed by atoms with Crippen LogP contribution < -0.4 is 0 Å². The van der Waals surface area contributed by atoms with E-state index in [9.17, 15) is 4.79 Å². The molecular formula is C13H15NO. The van der Waals surface area contributed by atoms with Crippen molar-refractivity contribution < 1.29 is 4.79 Å². The smallest absolute Gasteiger partial charge is 0.228 e. The van der Waals surface area contributed by atoms with Crippen LogP contribution in [-0.2, 0) is 0 Å². The monoisotopic (exact) mass is 201 g/mol. The maximum absolute atomic E-state index is 11.6. The first-order valence-corrected chi connectivity index (χ1v) is 5.11. The third-order valence-corrected chi connectivity index (χ3v) is 2.88. The predicted octanol–water partition coefficient (Wildman–Crippen LogP) is 3.23. The van der Waals surface area contributed by atoms with Crippen LogP contribution in [0.2, 0.25) is 0 Å². The summed E-state index contributed by atoms with van der Waals surface area (Å²) in [6.07, 6.45) is 0. The number of aryl methyl sites for hydroxylation is 3. The number of aromatic nitrogens is 1. The van der Waals surface area contributed by atoms with Gasteiger partial charge in [0.1, 0.15) is 0 Å². The highest BCUT2D eigenvalue weighted by Gasteiger charge is 2.12. The van der Waals surface area contributed by atoms with Crippen LogP contribution in [0.4, 0.5) is 0 Å². The molecule has 0 amide bonds. The van der Waals surface area contributed by atoms with Crippen LogP contribution in [0.15, 0.2) is 18.2 Å². The summed E-state index contributed by atoms with van der Waals surface area (Å²) in [5, 5.41) is 1.18. The molecule has 0 fully saturated rings. The van der Waals surface area contributed by atoms with Crippen molar-refractivity contribution in [1.29, 1.82) is 0 Å². The molecule has 0 aliphatic carbocycles. The van der Waals surface area contributed by atoms with E-state index in [1.54, 1.807) is 11.5 Å². The van der Waals surface area contributed by atoms with E-state index in [1.807, 2.05) is 13.8 Å². The van der Waals surface area contributed by atoms with Crippen LogP contribution in [0.3, 0.4) is 0 Å². The molecule has 78 valence electrons. The summed E-state index contributed by atoms with van der Waals surface area (Å²) in [5.74, 6) is 0.0798. The van der Waals surface area contributed by atoms with Crippen molar-refractivity contribution in [2.45, 2.75) is 27.7 Å². The van der Waals surface area contributed by atoms with Crippen molar-refractivity contribution in [3.05, 3.63) is 35.0 Å². The van der Waals surface area contributed by atoms with Gasteiger partial charge in [-0.2, -0.15) is 0 Å². The van der Waals surface area contributed by atoms with Crippen molar-refractivity contribution in [2.75, 3.05) is 0 Å². The molecule has 0 radical (unpaired) electrons. The zero-order chi connectivity index (χ0) is 11.2. The largest absolute Gasteiger partial charge is 0.284 e. The van der Waals surface area contributed by atoms with E-state index in [2.05, 4.69) is 25.1 Å². The Morgan fingerprint density at radius 3 is 2.33 bits per heavy atom. The molecule has 1 heterocycles. The van der Waals surface area contributed by atoms with E-state index >= 15 is 0 Å². The molecule has 0 aliphatic rings. The number of hydrogen-bond acceptors (Lipinski definition) is 1. The zero-order valence-corrected chi connectivity index (χ0v) is 9.59. The van der Waals surface area contributed by atoms with E-state index in [0.29, 0.717) is 0 Å². The van der Waals surface area contributed by atoms with Gasteiger partial charge in [0.25, 0.3) is 0 Å². The Balaban J connectivity index is 2.98. The fraction of sp³-hybridized carbons (Fsp3) is 0.308. The van der Waals surface area contributed by atoms with Gasteiger partial charge in [-0.25, -0.2) is 0 Å². The minimum absolute atomic E-state index is 0.0798. The van der Waals surface area contributed by atoms with E-state index in [0.717, 1.165) is 16.8 Å². The number of carbonyl (C=O) groups excluding carboxylic acids is 1. The summed E-state index contributed by atoms with van der Waals surface area (Å²) in [6, 6.07) is 6.25. The van der Waals surface area contributed by atoms with Gasteiger partial charge in [-0.1, -0.05) is 12.1 Å². The SMILES string of the molecule is CC(=O)n1c(C)cc2c(C)ccc(C)c21. The summed E-state index contributed by atoms with van der Waals surface area (Å²) >= 11 is 0. The van der Waals surface area contributed by atoms with Crippen molar-refractivity contribution >= 4 is 16.8 Å². The zero-order valence-electron chi connectivity index (χ0n) is 9.59. The molecule has 0 unspecified atom stereocenters. The number of rotatable bonds is 0. The van der Waals surface area contributed by atoms with Gasteiger partial charge in [-0.05, 0) is 38.0 Å².